The highest BCUT2D eigenvalue weighted by atomic mass is 35.5. The number of halogens is 1. The topological polar surface area (TPSA) is 69.7 Å². The van der Waals surface area contributed by atoms with Crippen LogP contribution in [0.4, 0.5) is 5.69 Å². The maximum Gasteiger partial charge on any atom is 0.264 e. The third-order valence-electron chi connectivity index (χ3n) is 5.91. The SMILES string of the molecule is CCN(CC)CCCC(C)NC(=O)c1cccc(S(=O)(=O)N2CCc3ccccc32)c1.[Cl-]. The zero-order chi connectivity index (χ0) is 22.4. The van der Waals surface area contributed by atoms with Gasteiger partial charge in [-0.2, -0.15) is 0 Å². The van der Waals surface area contributed by atoms with E-state index in [0.29, 0.717) is 18.5 Å². The summed E-state index contributed by atoms with van der Waals surface area (Å²) < 4.78 is 27.9. The fourth-order valence-electron chi connectivity index (χ4n) is 4.02. The molecule has 1 N–H and O–H groups in total. The number of para-hydroxylation sites is 1. The van der Waals surface area contributed by atoms with Gasteiger partial charge in [0.05, 0.1) is 10.6 Å². The maximum atomic E-state index is 13.2. The number of fused-ring (bicyclic) bond motifs is 1. The van der Waals surface area contributed by atoms with Crippen molar-refractivity contribution in [1.29, 1.82) is 0 Å². The van der Waals surface area contributed by atoms with Gasteiger partial charge in [0.15, 0.2) is 0 Å². The number of rotatable bonds is 10. The normalized spacial score (nSPS) is 14.1. The van der Waals surface area contributed by atoms with Crippen molar-refractivity contribution in [2.24, 2.45) is 0 Å². The number of nitrogens with one attached hydrogen (secondary N) is 1. The molecule has 0 aromatic heterocycles. The molecule has 1 aliphatic rings. The van der Waals surface area contributed by atoms with E-state index in [-0.39, 0.29) is 29.3 Å². The van der Waals surface area contributed by atoms with Crippen molar-refractivity contribution >= 4 is 21.6 Å². The van der Waals surface area contributed by atoms with E-state index < -0.39 is 10.0 Å². The lowest BCUT2D eigenvalue weighted by Gasteiger charge is -2.21. The lowest BCUT2D eigenvalue weighted by atomic mass is 10.1. The zero-order valence-corrected chi connectivity index (χ0v) is 20.6. The highest BCUT2D eigenvalue weighted by Crippen LogP contribution is 2.32. The molecule has 176 valence electrons. The molecule has 6 nitrogen and oxygen atoms in total. The first kappa shape index (κ1) is 26.2. The Hall–Kier alpha value is -2.09. The number of hydrogen-bond donors (Lipinski definition) is 1. The summed E-state index contributed by atoms with van der Waals surface area (Å²) in [5.41, 5.74) is 2.11. The van der Waals surface area contributed by atoms with Gasteiger partial charge in [-0.05, 0) is 75.6 Å². The fraction of sp³-hybridized carbons (Fsp3) is 0.458. The van der Waals surface area contributed by atoms with Crippen LogP contribution in [0.2, 0.25) is 0 Å². The van der Waals surface area contributed by atoms with Crippen molar-refractivity contribution in [3.8, 4) is 0 Å². The summed E-state index contributed by atoms with van der Waals surface area (Å²) in [6, 6.07) is 13.9. The molecular weight excluding hydrogens is 446 g/mol. The Kier molecular flexibility index (Phi) is 9.55. The molecule has 0 fully saturated rings. The van der Waals surface area contributed by atoms with Crippen LogP contribution in [0.5, 0.6) is 0 Å². The van der Waals surface area contributed by atoms with E-state index in [1.54, 1.807) is 18.2 Å². The Bertz CT molecular complexity index is 1010. The van der Waals surface area contributed by atoms with E-state index in [1.807, 2.05) is 31.2 Å². The van der Waals surface area contributed by atoms with Gasteiger partial charge < -0.3 is 22.6 Å². The Morgan fingerprint density at radius 2 is 1.84 bits per heavy atom. The molecule has 0 radical (unpaired) electrons. The summed E-state index contributed by atoms with van der Waals surface area (Å²) in [5, 5.41) is 3.00. The standard InChI is InChI=1S/C24H33N3O3S.ClH/c1-4-26(5-2)16-9-10-19(3)25-24(28)21-12-8-13-22(18-21)31(29,30)27-17-15-20-11-6-7-14-23(20)27;/h6-8,11-14,18-19H,4-5,9-10,15-17H2,1-3H3,(H,25,28);1H/p-1. The number of sulfonamides is 1. The summed E-state index contributed by atoms with van der Waals surface area (Å²) >= 11 is 0. The third-order valence-corrected chi connectivity index (χ3v) is 7.72. The minimum absolute atomic E-state index is 0. The molecule has 0 bridgehead atoms. The van der Waals surface area contributed by atoms with Crippen LogP contribution >= 0.6 is 0 Å². The van der Waals surface area contributed by atoms with Gasteiger partial charge in [0.2, 0.25) is 0 Å². The van der Waals surface area contributed by atoms with Crippen LogP contribution in [0.15, 0.2) is 53.4 Å². The van der Waals surface area contributed by atoms with Gasteiger partial charge in [0.25, 0.3) is 15.9 Å². The minimum atomic E-state index is -3.72. The molecule has 32 heavy (non-hydrogen) atoms. The van der Waals surface area contributed by atoms with Gasteiger partial charge in [-0.1, -0.05) is 38.1 Å². The number of carbonyl (C=O) groups excluding carboxylic acids is 1. The van der Waals surface area contributed by atoms with Crippen molar-refractivity contribution in [3.63, 3.8) is 0 Å². The number of anilines is 1. The van der Waals surface area contributed by atoms with Crippen LogP contribution < -0.4 is 22.0 Å². The summed E-state index contributed by atoms with van der Waals surface area (Å²) in [6.45, 7) is 9.77. The number of carbonyl (C=O) groups is 1. The van der Waals surface area contributed by atoms with Crippen molar-refractivity contribution < 1.29 is 25.6 Å². The average Bonchev–Trinajstić information content (AvgIpc) is 3.22. The average molecular weight is 479 g/mol. The van der Waals surface area contributed by atoms with Gasteiger partial charge in [-0.15, -0.1) is 0 Å². The second-order valence-corrected chi connectivity index (χ2v) is 9.89. The molecule has 0 aliphatic carbocycles. The molecule has 1 heterocycles. The molecule has 2 aromatic carbocycles. The lowest BCUT2D eigenvalue weighted by molar-refractivity contribution is -0.0000177. The van der Waals surface area contributed by atoms with E-state index in [1.165, 1.54) is 10.4 Å². The molecule has 2 aromatic rings. The zero-order valence-electron chi connectivity index (χ0n) is 19.1. The van der Waals surface area contributed by atoms with E-state index >= 15 is 0 Å². The smallest absolute Gasteiger partial charge is 0.264 e. The minimum Gasteiger partial charge on any atom is -1.00 e. The van der Waals surface area contributed by atoms with Crippen molar-refractivity contribution in [3.05, 3.63) is 59.7 Å². The molecule has 1 atom stereocenters. The summed E-state index contributed by atoms with van der Waals surface area (Å²) in [6.07, 6.45) is 2.58. The first-order chi connectivity index (χ1) is 14.9. The Balaban J connectivity index is 0.00000363. The predicted octanol–water partition coefficient (Wildman–Crippen LogP) is 0.682. The van der Waals surface area contributed by atoms with Crippen molar-refractivity contribution in [2.75, 3.05) is 30.5 Å². The maximum absolute atomic E-state index is 13.2. The molecule has 0 saturated heterocycles. The Morgan fingerprint density at radius 3 is 2.56 bits per heavy atom. The van der Waals surface area contributed by atoms with E-state index in [9.17, 15) is 13.2 Å². The Labute approximate surface area is 198 Å². The van der Waals surface area contributed by atoms with Crippen LogP contribution in [0.1, 0.15) is 49.5 Å². The third kappa shape index (κ3) is 6.03. The first-order valence-electron chi connectivity index (χ1n) is 11.1. The number of hydrogen-bond acceptors (Lipinski definition) is 4. The van der Waals surface area contributed by atoms with Gasteiger partial charge in [0.1, 0.15) is 0 Å². The summed E-state index contributed by atoms with van der Waals surface area (Å²) in [4.78, 5) is 15.2. The van der Waals surface area contributed by atoms with E-state index in [0.717, 1.165) is 43.7 Å². The van der Waals surface area contributed by atoms with Crippen LogP contribution in [0.3, 0.4) is 0 Å². The van der Waals surface area contributed by atoms with E-state index in [2.05, 4.69) is 24.1 Å². The van der Waals surface area contributed by atoms with E-state index in [4.69, 9.17) is 0 Å². The van der Waals surface area contributed by atoms with Gasteiger partial charge in [-0.25, -0.2) is 8.42 Å². The second-order valence-electron chi connectivity index (χ2n) is 8.03. The van der Waals surface area contributed by atoms with Crippen LogP contribution in [0, 0.1) is 0 Å². The quantitative estimate of drug-likeness (QED) is 0.545. The van der Waals surface area contributed by atoms with Gasteiger partial charge in [-0.3, -0.25) is 9.10 Å². The fourth-order valence-corrected chi connectivity index (χ4v) is 5.57. The van der Waals surface area contributed by atoms with Crippen molar-refractivity contribution in [2.45, 2.75) is 51.0 Å². The lowest BCUT2D eigenvalue weighted by Crippen LogP contribution is -3.00. The molecule has 1 amide bonds. The number of benzene rings is 2. The van der Waals surface area contributed by atoms with Crippen LogP contribution in [0.25, 0.3) is 0 Å². The largest absolute Gasteiger partial charge is 1.00 e. The second kappa shape index (κ2) is 11.7. The van der Waals surface area contributed by atoms with Crippen molar-refractivity contribution in [1.82, 2.24) is 10.2 Å². The highest BCUT2D eigenvalue weighted by molar-refractivity contribution is 7.92. The number of nitrogens with zero attached hydrogens (tertiary/aromatic N) is 2. The first-order valence-corrected chi connectivity index (χ1v) is 12.5. The van der Waals surface area contributed by atoms with Crippen LogP contribution in [-0.4, -0.2) is 51.4 Å². The molecule has 8 heteroatoms. The molecule has 1 aliphatic heterocycles. The van der Waals surface area contributed by atoms with Gasteiger partial charge >= 0.3 is 0 Å². The molecular formula is C24H33ClN3O3S-. The predicted molar refractivity (Wildman–Crippen MR) is 125 cm³/mol. The van der Waals surface area contributed by atoms with Gasteiger partial charge in [0, 0.05) is 18.2 Å². The molecule has 1 unspecified atom stereocenters. The summed E-state index contributed by atoms with van der Waals surface area (Å²) in [5.74, 6) is -0.241. The number of amides is 1. The summed E-state index contributed by atoms with van der Waals surface area (Å²) in [7, 11) is -3.72. The molecule has 0 saturated carbocycles. The van der Waals surface area contributed by atoms with Crippen LogP contribution in [-0.2, 0) is 16.4 Å². The molecule has 3 rings (SSSR count). The highest BCUT2D eigenvalue weighted by Gasteiger charge is 2.31. The Morgan fingerprint density at radius 1 is 1.12 bits per heavy atom. The molecule has 0 spiro atoms. The monoisotopic (exact) mass is 478 g/mol.